The number of hydrogen-bond donors (Lipinski definition) is 0. The topological polar surface area (TPSA) is 0 Å². The number of benzene rings is 1. The van der Waals surface area contributed by atoms with Crippen LogP contribution in [0.4, 0.5) is 0 Å². The molecule has 0 heterocycles. The zero-order valence-electron chi connectivity index (χ0n) is 14.7. The molecule has 0 atom stereocenters. The summed E-state index contributed by atoms with van der Waals surface area (Å²) < 4.78 is 0. The van der Waals surface area contributed by atoms with Gasteiger partial charge >= 0.3 is 0 Å². The molecule has 1 fully saturated rings. The lowest BCUT2D eigenvalue weighted by atomic mass is 9.70. The first-order valence-corrected chi connectivity index (χ1v) is 8.70. The van der Waals surface area contributed by atoms with Gasteiger partial charge in [0.2, 0.25) is 0 Å². The van der Waals surface area contributed by atoms with Gasteiger partial charge in [-0.1, -0.05) is 60.3 Å². The molecule has 1 aliphatic rings. The summed E-state index contributed by atoms with van der Waals surface area (Å²) in [7, 11) is 4.36. The maximum atomic E-state index is 3.88. The molecular formula is C21H26B2. The van der Waals surface area contributed by atoms with Crippen LogP contribution in [-0.2, 0) is 0 Å². The van der Waals surface area contributed by atoms with E-state index in [1.165, 1.54) is 31.2 Å². The van der Waals surface area contributed by atoms with Crippen molar-refractivity contribution >= 4 is 15.7 Å². The minimum absolute atomic E-state index is 0.748. The second-order valence-corrected chi connectivity index (χ2v) is 6.75. The summed E-state index contributed by atoms with van der Waals surface area (Å²) >= 11 is 0. The van der Waals surface area contributed by atoms with Gasteiger partial charge in [-0.15, -0.1) is 6.58 Å². The van der Waals surface area contributed by atoms with Gasteiger partial charge in [-0.2, -0.15) is 0 Å². The maximum absolute atomic E-state index is 3.88. The van der Waals surface area contributed by atoms with E-state index in [2.05, 4.69) is 50.5 Å². The van der Waals surface area contributed by atoms with Crippen LogP contribution in [0.25, 0.3) is 0 Å². The van der Waals surface area contributed by atoms with Crippen LogP contribution < -0.4 is 0 Å². The Hall–Kier alpha value is -1.87. The molecule has 116 valence electrons. The van der Waals surface area contributed by atoms with Crippen LogP contribution in [-0.4, -0.2) is 15.7 Å². The van der Waals surface area contributed by atoms with Crippen LogP contribution in [0.1, 0.15) is 49.7 Å². The van der Waals surface area contributed by atoms with Gasteiger partial charge in [-0.3, -0.25) is 0 Å². The summed E-state index contributed by atoms with van der Waals surface area (Å²) in [4.78, 5) is 0. The molecule has 1 aromatic carbocycles. The van der Waals surface area contributed by atoms with Crippen molar-refractivity contribution in [2.24, 2.45) is 0 Å². The third-order valence-corrected chi connectivity index (χ3v) is 4.61. The molecule has 0 aliphatic heterocycles. The predicted octanol–water partition coefficient (Wildman–Crippen LogP) is 3.77. The van der Waals surface area contributed by atoms with Crippen molar-refractivity contribution in [2.75, 3.05) is 0 Å². The first-order valence-electron chi connectivity index (χ1n) is 8.70. The van der Waals surface area contributed by atoms with E-state index in [1.54, 1.807) is 0 Å². The Labute approximate surface area is 143 Å². The highest BCUT2D eigenvalue weighted by molar-refractivity contribution is 6.23. The van der Waals surface area contributed by atoms with Crippen LogP contribution >= 0.6 is 0 Å². The molecule has 0 nitrogen and oxygen atoms in total. The molecule has 1 aliphatic carbocycles. The third kappa shape index (κ3) is 5.68. The summed E-state index contributed by atoms with van der Waals surface area (Å²) in [5.74, 6) is 8.14. The summed E-state index contributed by atoms with van der Waals surface area (Å²) in [5, 5.41) is 0. The number of allylic oxidation sites excluding steroid dienone is 5. The Morgan fingerprint density at radius 2 is 1.78 bits per heavy atom. The molecule has 0 saturated heterocycles. The van der Waals surface area contributed by atoms with Crippen molar-refractivity contribution in [1.82, 2.24) is 0 Å². The predicted molar refractivity (Wildman–Crippen MR) is 107 cm³/mol. The zero-order chi connectivity index (χ0) is 16.7. The van der Waals surface area contributed by atoms with Crippen molar-refractivity contribution in [3.05, 3.63) is 71.2 Å². The van der Waals surface area contributed by atoms with E-state index < -0.39 is 0 Å². The molecule has 23 heavy (non-hydrogen) atoms. The minimum atomic E-state index is 0.748. The number of hydrogen-bond acceptors (Lipinski definition) is 0. The quantitative estimate of drug-likeness (QED) is 0.453. The van der Waals surface area contributed by atoms with Gasteiger partial charge in [-0.05, 0) is 49.5 Å². The van der Waals surface area contributed by atoms with Gasteiger partial charge in [0.1, 0.15) is 15.7 Å². The van der Waals surface area contributed by atoms with Crippen LogP contribution in [0, 0.1) is 11.8 Å². The van der Waals surface area contributed by atoms with E-state index in [9.17, 15) is 0 Å². The lowest BCUT2D eigenvalue weighted by molar-refractivity contribution is 0.444. The highest BCUT2D eigenvalue weighted by Crippen LogP contribution is 2.36. The average Bonchev–Trinajstić information content (AvgIpc) is 2.56. The third-order valence-electron chi connectivity index (χ3n) is 4.61. The smallest absolute Gasteiger partial charge is 0.105 e. The monoisotopic (exact) mass is 300 g/mol. The van der Waals surface area contributed by atoms with Gasteiger partial charge in [0.05, 0.1) is 0 Å². The Bertz CT molecular complexity index is 645. The molecule has 0 amide bonds. The van der Waals surface area contributed by atoms with Gasteiger partial charge in [0.15, 0.2) is 0 Å². The van der Waals surface area contributed by atoms with Crippen LogP contribution in [0.15, 0.2) is 60.1 Å². The molecule has 0 unspecified atom stereocenters. The summed E-state index contributed by atoms with van der Waals surface area (Å²) in [5.41, 5.74) is 4.63. The van der Waals surface area contributed by atoms with Gasteiger partial charge in [0, 0.05) is 11.1 Å². The first-order chi connectivity index (χ1) is 11.1. The van der Waals surface area contributed by atoms with E-state index in [0.29, 0.717) is 0 Å². The van der Waals surface area contributed by atoms with Crippen LogP contribution in [0.5, 0.6) is 0 Å². The molecule has 0 spiro atoms. The van der Waals surface area contributed by atoms with Crippen LogP contribution in [0.3, 0.4) is 0 Å². The number of rotatable bonds is 3. The second-order valence-electron chi connectivity index (χ2n) is 6.75. The second kappa shape index (κ2) is 8.68. The van der Waals surface area contributed by atoms with E-state index in [-0.39, 0.29) is 0 Å². The van der Waals surface area contributed by atoms with E-state index in [1.807, 2.05) is 33.0 Å². The fraction of sp³-hybridized carbons (Fsp3) is 0.333. The molecule has 0 N–H and O–H groups in total. The average molecular weight is 300 g/mol. The van der Waals surface area contributed by atoms with E-state index in [4.69, 9.17) is 0 Å². The summed E-state index contributed by atoms with van der Waals surface area (Å²) in [6, 6.07) is 8.86. The highest BCUT2D eigenvalue weighted by Gasteiger charge is 2.19. The zero-order valence-corrected chi connectivity index (χ0v) is 14.7. The molecule has 2 rings (SSSR count). The minimum Gasteiger partial charge on any atom is -0.105 e. The highest BCUT2D eigenvalue weighted by atomic mass is 14.2. The molecule has 1 saturated carbocycles. The SMILES string of the molecule is BC(=C)/C=C\C(C#Cc1ccc(C2CCC(B)CC2)cc1)=C/C. The maximum Gasteiger partial charge on any atom is 0.138 e. The van der Waals surface area contributed by atoms with Crippen molar-refractivity contribution in [3.8, 4) is 11.8 Å². The largest absolute Gasteiger partial charge is 0.138 e. The van der Waals surface area contributed by atoms with Crippen LogP contribution in [0.2, 0.25) is 5.82 Å². The normalized spacial score (nSPS) is 21.7. The summed E-state index contributed by atoms with van der Waals surface area (Å²) in [6.45, 7) is 5.89. The fourth-order valence-electron chi connectivity index (χ4n) is 3.02. The Morgan fingerprint density at radius 3 is 2.35 bits per heavy atom. The van der Waals surface area contributed by atoms with Gasteiger partial charge < -0.3 is 0 Å². The summed E-state index contributed by atoms with van der Waals surface area (Å²) in [6.07, 6.45) is 11.5. The Kier molecular flexibility index (Phi) is 6.60. The van der Waals surface area contributed by atoms with Crippen molar-refractivity contribution < 1.29 is 0 Å². The first kappa shape index (κ1) is 17.5. The van der Waals surface area contributed by atoms with Crippen molar-refractivity contribution in [3.63, 3.8) is 0 Å². The molecular weight excluding hydrogens is 274 g/mol. The fourth-order valence-corrected chi connectivity index (χ4v) is 3.02. The molecule has 0 bridgehead atoms. The van der Waals surface area contributed by atoms with Gasteiger partial charge in [-0.25, -0.2) is 0 Å². The molecule has 1 aromatic rings. The molecule has 0 radical (unpaired) electrons. The molecule has 2 heteroatoms. The van der Waals surface area contributed by atoms with E-state index >= 15 is 0 Å². The lowest BCUT2D eigenvalue weighted by Gasteiger charge is -2.26. The van der Waals surface area contributed by atoms with E-state index in [0.717, 1.165) is 28.3 Å². The van der Waals surface area contributed by atoms with Crippen molar-refractivity contribution in [2.45, 2.75) is 44.3 Å². The Morgan fingerprint density at radius 1 is 1.13 bits per heavy atom. The van der Waals surface area contributed by atoms with Crippen molar-refractivity contribution in [1.29, 1.82) is 0 Å². The van der Waals surface area contributed by atoms with Gasteiger partial charge in [0.25, 0.3) is 0 Å². The lowest BCUT2D eigenvalue weighted by Crippen LogP contribution is -2.09. The molecule has 0 aromatic heterocycles. The Balaban J connectivity index is 2.03. The standard InChI is InChI=1S/C21H26B2/c1-3-17(5-4-16(2)22)6-7-18-8-10-19(11-9-18)20-12-14-21(23)15-13-20/h3-5,8-11,20-21H,2,12-15,22-23H2,1H3/b5-4-,17-3+.